The van der Waals surface area contributed by atoms with E-state index in [2.05, 4.69) is 48.5 Å². The molecule has 0 aliphatic rings. The van der Waals surface area contributed by atoms with Crippen molar-refractivity contribution in [2.75, 3.05) is 13.2 Å². The summed E-state index contributed by atoms with van der Waals surface area (Å²) in [6.45, 7) is 5.93. The predicted octanol–water partition coefficient (Wildman–Crippen LogP) is 3.10. The molecule has 0 bridgehead atoms. The van der Waals surface area contributed by atoms with Crippen molar-refractivity contribution in [2.24, 2.45) is 7.05 Å². The van der Waals surface area contributed by atoms with Crippen LogP contribution >= 0.6 is 0 Å². The van der Waals surface area contributed by atoms with Crippen molar-refractivity contribution in [1.82, 2.24) is 15.1 Å². The molecule has 1 heterocycles. The third kappa shape index (κ3) is 4.60. The Morgan fingerprint density at radius 2 is 2.14 bits per heavy atom. The van der Waals surface area contributed by atoms with Gasteiger partial charge in [-0.2, -0.15) is 5.10 Å². The third-order valence-electron chi connectivity index (χ3n) is 3.37. The summed E-state index contributed by atoms with van der Waals surface area (Å²) >= 11 is 0. The van der Waals surface area contributed by atoms with E-state index in [-0.39, 0.29) is 6.04 Å². The Hall–Kier alpha value is -1.81. The Labute approximate surface area is 127 Å². The van der Waals surface area contributed by atoms with Crippen molar-refractivity contribution < 1.29 is 4.74 Å². The Bertz CT molecular complexity index is 550. The molecule has 0 amide bonds. The lowest BCUT2D eigenvalue weighted by Crippen LogP contribution is -2.23. The first-order valence-corrected chi connectivity index (χ1v) is 7.67. The van der Waals surface area contributed by atoms with E-state index in [1.54, 1.807) is 0 Å². The van der Waals surface area contributed by atoms with Crippen LogP contribution in [0.4, 0.5) is 0 Å². The average Bonchev–Trinajstić information content (AvgIpc) is 2.90. The molecule has 0 aliphatic heterocycles. The highest BCUT2D eigenvalue weighted by molar-refractivity contribution is 5.31. The summed E-state index contributed by atoms with van der Waals surface area (Å²) < 4.78 is 7.58. The van der Waals surface area contributed by atoms with Crippen molar-refractivity contribution in [3.05, 3.63) is 47.8 Å². The molecule has 0 radical (unpaired) electrons. The van der Waals surface area contributed by atoms with Crippen LogP contribution in [-0.4, -0.2) is 22.9 Å². The van der Waals surface area contributed by atoms with Gasteiger partial charge in [-0.1, -0.05) is 26.0 Å². The van der Waals surface area contributed by atoms with Crippen molar-refractivity contribution in [3.63, 3.8) is 0 Å². The van der Waals surface area contributed by atoms with E-state index < -0.39 is 0 Å². The van der Waals surface area contributed by atoms with Gasteiger partial charge < -0.3 is 10.1 Å². The normalized spacial score (nSPS) is 12.3. The molecule has 1 aromatic heterocycles. The Balaban J connectivity index is 2.13. The molecule has 4 heteroatoms. The Morgan fingerprint density at radius 3 is 2.81 bits per heavy atom. The van der Waals surface area contributed by atoms with Crippen molar-refractivity contribution >= 4 is 0 Å². The molecule has 1 atom stereocenters. The van der Waals surface area contributed by atoms with Gasteiger partial charge in [0, 0.05) is 25.7 Å². The zero-order valence-electron chi connectivity index (χ0n) is 13.2. The number of aryl methyl sites for hydroxylation is 1. The van der Waals surface area contributed by atoms with Crippen LogP contribution in [0, 0.1) is 0 Å². The Morgan fingerprint density at radius 1 is 1.29 bits per heavy atom. The standard InChI is InChI=1S/C17H25N3O/c1-4-11-21-16-8-6-7-14(12-16)17(18-5-2)13-15-9-10-20(3)19-15/h6-10,12,17-18H,4-5,11,13H2,1-3H3. The largest absolute Gasteiger partial charge is 0.494 e. The number of nitrogens with one attached hydrogen (secondary N) is 1. The summed E-state index contributed by atoms with van der Waals surface area (Å²) in [6.07, 6.45) is 3.89. The fraction of sp³-hybridized carbons (Fsp3) is 0.471. The maximum atomic E-state index is 5.73. The second-order valence-electron chi connectivity index (χ2n) is 5.22. The lowest BCUT2D eigenvalue weighted by molar-refractivity contribution is 0.316. The van der Waals surface area contributed by atoms with Gasteiger partial charge in [0.15, 0.2) is 0 Å². The van der Waals surface area contributed by atoms with Gasteiger partial charge in [-0.25, -0.2) is 0 Å². The van der Waals surface area contributed by atoms with Crippen LogP contribution in [0.1, 0.15) is 37.6 Å². The second-order valence-corrected chi connectivity index (χ2v) is 5.22. The zero-order chi connectivity index (χ0) is 15.1. The van der Waals surface area contributed by atoms with E-state index in [1.807, 2.05) is 24.0 Å². The molecule has 114 valence electrons. The summed E-state index contributed by atoms with van der Waals surface area (Å²) in [4.78, 5) is 0. The maximum absolute atomic E-state index is 5.73. The minimum atomic E-state index is 0.259. The van der Waals surface area contributed by atoms with E-state index >= 15 is 0 Å². The highest BCUT2D eigenvalue weighted by atomic mass is 16.5. The molecule has 0 saturated carbocycles. The smallest absolute Gasteiger partial charge is 0.119 e. The summed E-state index contributed by atoms with van der Waals surface area (Å²) in [5.41, 5.74) is 2.35. The van der Waals surface area contributed by atoms with Gasteiger partial charge in [0.1, 0.15) is 5.75 Å². The van der Waals surface area contributed by atoms with E-state index in [0.29, 0.717) is 0 Å². The monoisotopic (exact) mass is 287 g/mol. The van der Waals surface area contributed by atoms with Crippen molar-refractivity contribution in [2.45, 2.75) is 32.7 Å². The van der Waals surface area contributed by atoms with E-state index in [9.17, 15) is 0 Å². The van der Waals surface area contributed by atoms with Crippen LogP contribution in [0.15, 0.2) is 36.5 Å². The molecule has 21 heavy (non-hydrogen) atoms. The third-order valence-corrected chi connectivity index (χ3v) is 3.37. The van der Waals surface area contributed by atoms with Crippen LogP contribution < -0.4 is 10.1 Å². The van der Waals surface area contributed by atoms with Gasteiger partial charge in [0.25, 0.3) is 0 Å². The summed E-state index contributed by atoms with van der Waals surface area (Å²) in [5.74, 6) is 0.943. The highest BCUT2D eigenvalue weighted by Gasteiger charge is 2.13. The summed E-state index contributed by atoms with van der Waals surface area (Å²) in [7, 11) is 1.95. The first kappa shape index (κ1) is 15.6. The van der Waals surface area contributed by atoms with Crippen molar-refractivity contribution in [3.8, 4) is 5.75 Å². The van der Waals surface area contributed by atoms with Gasteiger partial charge in [-0.05, 0) is 36.7 Å². The van der Waals surface area contributed by atoms with E-state index in [0.717, 1.165) is 37.4 Å². The molecule has 0 fully saturated rings. The average molecular weight is 287 g/mol. The topological polar surface area (TPSA) is 39.1 Å². The molecule has 0 spiro atoms. The fourth-order valence-corrected chi connectivity index (χ4v) is 2.38. The SMILES string of the molecule is CCCOc1cccc(C(Cc2ccn(C)n2)NCC)c1. The molecule has 1 aromatic carbocycles. The fourth-order valence-electron chi connectivity index (χ4n) is 2.38. The van der Waals surface area contributed by atoms with Crippen LogP contribution in [-0.2, 0) is 13.5 Å². The summed E-state index contributed by atoms with van der Waals surface area (Å²) in [6, 6.07) is 10.7. The molecule has 2 rings (SSSR count). The number of likely N-dealkylation sites (N-methyl/N-ethyl adjacent to an activating group) is 1. The molecular formula is C17H25N3O. The molecule has 0 saturated heterocycles. The number of hydrogen-bond donors (Lipinski definition) is 1. The number of hydrogen-bond acceptors (Lipinski definition) is 3. The lowest BCUT2D eigenvalue weighted by atomic mass is 10.0. The first-order chi connectivity index (χ1) is 10.2. The predicted molar refractivity (Wildman–Crippen MR) is 85.6 cm³/mol. The second kappa shape index (κ2) is 7.84. The maximum Gasteiger partial charge on any atom is 0.119 e. The zero-order valence-corrected chi connectivity index (χ0v) is 13.2. The van der Waals surface area contributed by atoms with Crippen LogP contribution in [0.2, 0.25) is 0 Å². The van der Waals surface area contributed by atoms with Gasteiger partial charge in [0.05, 0.1) is 12.3 Å². The first-order valence-electron chi connectivity index (χ1n) is 7.67. The Kier molecular flexibility index (Phi) is 5.81. The number of aromatic nitrogens is 2. The van der Waals surface area contributed by atoms with Crippen molar-refractivity contribution in [1.29, 1.82) is 0 Å². The molecule has 1 N–H and O–H groups in total. The highest BCUT2D eigenvalue weighted by Crippen LogP contribution is 2.22. The van der Waals surface area contributed by atoms with Gasteiger partial charge >= 0.3 is 0 Å². The molecule has 0 aliphatic carbocycles. The number of benzene rings is 1. The molecule has 4 nitrogen and oxygen atoms in total. The van der Waals surface area contributed by atoms with Gasteiger partial charge in [0.2, 0.25) is 0 Å². The van der Waals surface area contributed by atoms with Gasteiger partial charge in [-0.3, -0.25) is 4.68 Å². The number of rotatable bonds is 8. The summed E-state index contributed by atoms with van der Waals surface area (Å²) in [5, 5.41) is 8.01. The quantitative estimate of drug-likeness (QED) is 0.811. The van der Waals surface area contributed by atoms with Crippen LogP contribution in [0.5, 0.6) is 5.75 Å². The molecular weight excluding hydrogens is 262 g/mol. The molecule has 1 unspecified atom stereocenters. The van der Waals surface area contributed by atoms with E-state index in [1.165, 1.54) is 5.56 Å². The lowest BCUT2D eigenvalue weighted by Gasteiger charge is -2.18. The van der Waals surface area contributed by atoms with Crippen LogP contribution in [0.25, 0.3) is 0 Å². The van der Waals surface area contributed by atoms with Gasteiger partial charge in [-0.15, -0.1) is 0 Å². The molecule has 2 aromatic rings. The van der Waals surface area contributed by atoms with Crippen LogP contribution in [0.3, 0.4) is 0 Å². The minimum absolute atomic E-state index is 0.259. The number of nitrogens with zero attached hydrogens (tertiary/aromatic N) is 2. The number of ether oxygens (including phenoxy) is 1. The minimum Gasteiger partial charge on any atom is -0.494 e. The van der Waals surface area contributed by atoms with E-state index in [4.69, 9.17) is 4.74 Å².